The maximum atomic E-state index is 12.0. The molecule has 0 unspecified atom stereocenters. The third kappa shape index (κ3) is 9.16. The predicted octanol–water partition coefficient (Wildman–Crippen LogP) is 1.76. The van der Waals surface area contributed by atoms with Crippen molar-refractivity contribution >= 4 is 38.0 Å². The molecule has 10 heteroatoms. The molecule has 1 aromatic rings. The van der Waals surface area contributed by atoms with Crippen LogP contribution in [-0.4, -0.2) is 45.7 Å². The fraction of sp³-hybridized carbons (Fsp3) is 0.500. The van der Waals surface area contributed by atoms with Crippen LogP contribution < -0.4 is 15.4 Å². The lowest BCUT2D eigenvalue weighted by molar-refractivity contribution is -0.120. The standard InChI is InChI=1S/C16H24BrN3O5S/c1-16(2,3)25-15(22)19-9-8-14(21)18-10-11-20-26(23,24)13-6-4-12(17)5-7-13/h4-7,20H,8-11H2,1-3H3,(H,18,21)(H,19,22). The van der Waals surface area contributed by atoms with Crippen LogP contribution in [0.5, 0.6) is 0 Å². The van der Waals surface area contributed by atoms with Gasteiger partial charge in [-0.2, -0.15) is 0 Å². The largest absolute Gasteiger partial charge is 0.444 e. The molecule has 0 aliphatic rings. The Morgan fingerprint density at radius 1 is 1.04 bits per heavy atom. The van der Waals surface area contributed by atoms with E-state index in [1.165, 1.54) is 12.1 Å². The Kier molecular flexibility index (Phi) is 8.51. The smallest absolute Gasteiger partial charge is 0.407 e. The topological polar surface area (TPSA) is 114 Å². The van der Waals surface area contributed by atoms with Crippen molar-refractivity contribution in [1.82, 2.24) is 15.4 Å². The highest BCUT2D eigenvalue weighted by Gasteiger charge is 2.16. The lowest BCUT2D eigenvalue weighted by Gasteiger charge is -2.19. The first-order chi connectivity index (χ1) is 12.0. The molecule has 26 heavy (non-hydrogen) atoms. The number of benzene rings is 1. The maximum Gasteiger partial charge on any atom is 0.407 e. The first-order valence-corrected chi connectivity index (χ1v) is 10.3. The highest BCUT2D eigenvalue weighted by atomic mass is 79.9. The van der Waals surface area contributed by atoms with Crippen LogP contribution in [0, 0.1) is 0 Å². The van der Waals surface area contributed by atoms with Crippen LogP contribution >= 0.6 is 15.9 Å². The van der Waals surface area contributed by atoms with Gasteiger partial charge >= 0.3 is 6.09 Å². The van der Waals surface area contributed by atoms with Gasteiger partial charge in [0, 0.05) is 30.5 Å². The second kappa shape index (κ2) is 9.89. The summed E-state index contributed by atoms with van der Waals surface area (Å²) in [7, 11) is -3.62. The summed E-state index contributed by atoms with van der Waals surface area (Å²) in [6, 6.07) is 6.22. The van der Waals surface area contributed by atoms with Crippen molar-refractivity contribution in [3.05, 3.63) is 28.7 Å². The average molecular weight is 450 g/mol. The normalized spacial score (nSPS) is 11.7. The SMILES string of the molecule is CC(C)(C)OC(=O)NCCC(=O)NCCNS(=O)(=O)c1ccc(Br)cc1. The van der Waals surface area contributed by atoms with Crippen LogP contribution in [0.25, 0.3) is 0 Å². The van der Waals surface area contributed by atoms with E-state index >= 15 is 0 Å². The number of carbonyl (C=O) groups is 2. The minimum Gasteiger partial charge on any atom is -0.444 e. The minimum atomic E-state index is -3.62. The van der Waals surface area contributed by atoms with Crippen LogP contribution in [0.15, 0.2) is 33.6 Å². The van der Waals surface area contributed by atoms with Crippen molar-refractivity contribution in [3.63, 3.8) is 0 Å². The molecular formula is C16H24BrN3O5S. The molecule has 0 spiro atoms. The molecule has 1 aromatic carbocycles. The number of carbonyl (C=O) groups excluding carboxylic acids is 2. The van der Waals surface area contributed by atoms with Gasteiger partial charge in [-0.25, -0.2) is 17.9 Å². The predicted molar refractivity (Wildman–Crippen MR) is 101 cm³/mol. The number of hydrogen-bond donors (Lipinski definition) is 3. The van der Waals surface area contributed by atoms with E-state index in [0.717, 1.165) is 4.47 Å². The lowest BCUT2D eigenvalue weighted by atomic mass is 10.2. The van der Waals surface area contributed by atoms with Crippen molar-refractivity contribution < 1.29 is 22.7 Å². The van der Waals surface area contributed by atoms with E-state index in [0.29, 0.717) is 0 Å². The molecule has 0 atom stereocenters. The summed E-state index contributed by atoms with van der Waals surface area (Å²) >= 11 is 3.24. The van der Waals surface area contributed by atoms with Crippen LogP contribution in [0.3, 0.4) is 0 Å². The van der Waals surface area contributed by atoms with E-state index in [-0.39, 0.29) is 36.9 Å². The van der Waals surface area contributed by atoms with Gasteiger partial charge in [-0.05, 0) is 45.0 Å². The first kappa shape index (κ1) is 22.4. The number of rotatable bonds is 8. The second-order valence-corrected chi connectivity index (χ2v) is 9.06. The van der Waals surface area contributed by atoms with Crippen LogP contribution in [-0.2, 0) is 19.6 Å². The Bertz CT molecular complexity index is 714. The van der Waals surface area contributed by atoms with Crippen molar-refractivity contribution in [3.8, 4) is 0 Å². The van der Waals surface area contributed by atoms with Crippen molar-refractivity contribution in [2.45, 2.75) is 37.7 Å². The zero-order chi connectivity index (χ0) is 19.8. The van der Waals surface area contributed by atoms with E-state index in [9.17, 15) is 18.0 Å². The Morgan fingerprint density at radius 2 is 1.65 bits per heavy atom. The summed E-state index contributed by atoms with van der Waals surface area (Å²) in [5.41, 5.74) is -0.599. The van der Waals surface area contributed by atoms with Crippen molar-refractivity contribution in [2.24, 2.45) is 0 Å². The summed E-state index contributed by atoms with van der Waals surface area (Å²) in [4.78, 5) is 23.2. The molecule has 0 heterocycles. The molecule has 0 aliphatic carbocycles. The first-order valence-electron chi connectivity index (χ1n) is 7.98. The number of halogens is 1. The van der Waals surface area contributed by atoms with E-state index in [1.807, 2.05) is 0 Å². The van der Waals surface area contributed by atoms with Crippen molar-refractivity contribution in [1.29, 1.82) is 0 Å². The summed E-state index contributed by atoms with van der Waals surface area (Å²) in [5, 5.41) is 5.05. The van der Waals surface area contributed by atoms with Crippen LogP contribution in [0.1, 0.15) is 27.2 Å². The molecular weight excluding hydrogens is 426 g/mol. The van der Waals surface area contributed by atoms with Gasteiger partial charge in [0.05, 0.1) is 4.90 Å². The summed E-state index contributed by atoms with van der Waals surface area (Å²) in [6.45, 7) is 5.56. The molecule has 1 rings (SSSR count). The Hall–Kier alpha value is -1.65. The molecule has 2 amide bonds. The van der Waals surface area contributed by atoms with E-state index < -0.39 is 21.7 Å². The molecule has 0 saturated carbocycles. The summed E-state index contributed by atoms with van der Waals surface area (Å²) in [5.74, 6) is -0.302. The zero-order valence-corrected chi connectivity index (χ0v) is 17.4. The van der Waals surface area contributed by atoms with Gasteiger partial charge in [0.15, 0.2) is 0 Å². The van der Waals surface area contributed by atoms with Gasteiger partial charge in [0.2, 0.25) is 15.9 Å². The number of hydrogen-bond acceptors (Lipinski definition) is 5. The Labute approximate surface area is 162 Å². The molecule has 0 aromatic heterocycles. The number of amides is 2. The zero-order valence-electron chi connectivity index (χ0n) is 15.0. The van der Waals surface area contributed by atoms with E-state index in [1.54, 1.807) is 32.9 Å². The van der Waals surface area contributed by atoms with E-state index in [2.05, 4.69) is 31.3 Å². The Balaban J connectivity index is 2.23. The second-order valence-electron chi connectivity index (χ2n) is 6.38. The van der Waals surface area contributed by atoms with Gasteiger partial charge in [0.1, 0.15) is 5.60 Å². The molecule has 0 radical (unpaired) electrons. The highest BCUT2D eigenvalue weighted by molar-refractivity contribution is 9.10. The average Bonchev–Trinajstić information content (AvgIpc) is 2.50. The van der Waals surface area contributed by atoms with E-state index in [4.69, 9.17) is 4.74 Å². The highest BCUT2D eigenvalue weighted by Crippen LogP contribution is 2.14. The number of nitrogens with one attached hydrogen (secondary N) is 3. The Morgan fingerprint density at radius 3 is 2.23 bits per heavy atom. The monoisotopic (exact) mass is 449 g/mol. The molecule has 3 N–H and O–H groups in total. The molecule has 0 aliphatic heterocycles. The van der Waals surface area contributed by atoms with Crippen LogP contribution in [0.2, 0.25) is 0 Å². The third-order valence-electron chi connectivity index (χ3n) is 2.88. The quantitative estimate of drug-likeness (QED) is 0.523. The fourth-order valence-corrected chi connectivity index (χ4v) is 3.06. The molecule has 0 fully saturated rings. The fourth-order valence-electron chi connectivity index (χ4n) is 1.77. The van der Waals surface area contributed by atoms with Crippen molar-refractivity contribution in [2.75, 3.05) is 19.6 Å². The number of ether oxygens (including phenoxy) is 1. The number of alkyl carbamates (subject to hydrolysis) is 1. The van der Waals surface area contributed by atoms with Crippen LogP contribution in [0.4, 0.5) is 4.79 Å². The van der Waals surface area contributed by atoms with Gasteiger partial charge < -0.3 is 15.4 Å². The third-order valence-corrected chi connectivity index (χ3v) is 4.89. The maximum absolute atomic E-state index is 12.0. The van der Waals surface area contributed by atoms with Gasteiger partial charge in [-0.3, -0.25) is 4.79 Å². The molecule has 0 saturated heterocycles. The van der Waals surface area contributed by atoms with Gasteiger partial charge in [-0.15, -0.1) is 0 Å². The summed E-state index contributed by atoms with van der Waals surface area (Å²) in [6.07, 6.45) is -0.522. The minimum absolute atomic E-state index is 0.0592. The lowest BCUT2D eigenvalue weighted by Crippen LogP contribution is -2.37. The van der Waals surface area contributed by atoms with Gasteiger partial charge in [-0.1, -0.05) is 15.9 Å². The number of sulfonamides is 1. The van der Waals surface area contributed by atoms with Gasteiger partial charge in [0.25, 0.3) is 0 Å². The molecule has 146 valence electrons. The summed E-state index contributed by atoms with van der Waals surface area (Å²) < 4.78 is 32.3. The molecule has 0 bridgehead atoms. The molecule has 8 nitrogen and oxygen atoms in total.